The highest BCUT2D eigenvalue weighted by atomic mass is 32.2. The smallest absolute Gasteiger partial charge is 0.282 e. The van der Waals surface area contributed by atoms with E-state index in [1.54, 1.807) is 0 Å². The van der Waals surface area contributed by atoms with E-state index in [4.69, 9.17) is 5.73 Å². The molecule has 0 radical (unpaired) electrons. The Hall–Kier alpha value is -0.230. The number of hydrogen-bond donors (Lipinski definition) is 2. The topological polar surface area (TPSA) is 74.1 Å². The second kappa shape index (κ2) is 2.13. The van der Waals surface area contributed by atoms with Gasteiger partial charge in [0, 0.05) is 0 Å². The van der Waals surface area contributed by atoms with Crippen molar-refractivity contribution in [2.45, 2.75) is 11.3 Å². The van der Waals surface area contributed by atoms with E-state index in [0.29, 0.717) is 5.17 Å². The summed E-state index contributed by atoms with van der Waals surface area (Å²) in [4.78, 5) is 2.95. The van der Waals surface area contributed by atoms with Crippen molar-refractivity contribution in [1.82, 2.24) is 0 Å². The van der Waals surface area contributed by atoms with E-state index >= 15 is 0 Å². The van der Waals surface area contributed by atoms with E-state index in [2.05, 4.69) is 4.99 Å². The zero-order chi connectivity index (χ0) is 8.06. The van der Waals surface area contributed by atoms with Crippen LogP contribution in [0.4, 0.5) is 0 Å². The third-order valence-electron chi connectivity index (χ3n) is 1.91. The van der Waals surface area contributed by atoms with Crippen molar-refractivity contribution >= 4 is 26.8 Å². The molecular formula is C5H9N2O2S2+. The summed E-state index contributed by atoms with van der Waals surface area (Å²) in [6.45, 7) is 0. The molecule has 2 aliphatic heterocycles. The molecule has 2 aliphatic rings. The first-order valence-electron chi connectivity index (χ1n) is 3.33. The molecule has 3 N–H and O–H groups in total. The minimum absolute atomic E-state index is 0.0602. The molecule has 0 unspecified atom stereocenters. The Bertz CT molecular complexity index is 308. The van der Waals surface area contributed by atoms with Gasteiger partial charge in [-0.1, -0.05) is 0 Å². The molecule has 0 aliphatic carbocycles. The maximum Gasteiger partial charge on any atom is 0.302 e. The summed E-state index contributed by atoms with van der Waals surface area (Å²) in [5.74, 6) is 0.515. The summed E-state index contributed by atoms with van der Waals surface area (Å²) in [7, 11) is -2.78. The maximum absolute atomic E-state index is 11.0. The lowest BCUT2D eigenvalue weighted by Gasteiger charge is -1.96. The molecule has 2 heterocycles. The molecule has 2 rings (SSSR count). The summed E-state index contributed by atoms with van der Waals surface area (Å²) in [5.41, 5.74) is 5.49. The van der Waals surface area contributed by atoms with Gasteiger partial charge in [0.1, 0.15) is 6.04 Å². The first-order valence-corrected chi connectivity index (χ1v) is 6.03. The molecule has 0 bridgehead atoms. The van der Waals surface area contributed by atoms with Gasteiger partial charge in [0.25, 0.3) is 0 Å². The van der Waals surface area contributed by atoms with Gasteiger partial charge in [0.15, 0.2) is 9.84 Å². The van der Waals surface area contributed by atoms with Gasteiger partial charge in [0.2, 0.25) is 0 Å². The maximum atomic E-state index is 11.0. The normalized spacial score (nSPS) is 40.2. The molecule has 1 fully saturated rings. The Labute approximate surface area is 69.2 Å². The number of rotatable bonds is 0. The number of thioether (sulfide) groups is 1. The Morgan fingerprint density at radius 1 is 1.55 bits per heavy atom. The van der Waals surface area contributed by atoms with E-state index in [0.717, 1.165) is 0 Å². The Kier molecular flexibility index (Phi) is 1.44. The molecule has 4 nitrogen and oxygen atoms in total. The van der Waals surface area contributed by atoms with Crippen molar-refractivity contribution in [1.29, 1.82) is 0 Å². The van der Waals surface area contributed by atoms with E-state index in [9.17, 15) is 8.42 Å². The van der Waals surface area contributed by atoms with Gasteiger partial charge in [-0.15, -0.1) is 0 Å². The second-order valence-corrected chi connectivity index (χ2v) is 6.28. The summed E-state index contributed by atoms with van der Waals surface area (Å²) < 4.78 is 22.1. The lowest BCUT2D eigenvalue weighted by molar-refractivity contribution is -0.487. The largest absolute Gasteiger partial charge is 0.302 e. The summed E-state index contributed by atoms with van der Waals surface area (Å²) >= 11 is 1.44. The number of nitrogens with two attached hydrogens (primary N) is 1. The van der Waals surface area contributed by atoms with Gasteiger partial charge < -0.3 is 0 Å². The van der Waals surface area contributed by atoms with Crippen LogP contribution in [0.5, 0.6) is 0 Å². The lowest BCUT2D eigenvalue weighted by atomic mass is 10.3. The first kappa shape index (κ1) is 7.42. The van der Waals surface area contributed by atoms with E-state index < -0.39 is 9.84 Å². The summed E-state index contributed by atoms with van der Waals surface area (Å²) in [6, 6.07) is 0.0602. The molecule has 0 aromatic carbocycles. The van der Waals surface area contributed by atoms with Crippen LogP contribution in [0.25, 0.3) is 0 Å². The standard InChI is InChI=1S/C5H8N2O2S2/c6-5-7-3-1-11(8,9)2-4(3)10-5/h3-4H,1-2H2,(H2,6,7)/p+1/t3-,4+/m0/s1. The zero-order valence-corrected chi connectivity index (χ0v) is 7.41. The Morgan fingerprint density at radius 3 is 2.91 bits per heavy atom. The van der Waals surface area contributed by atoms with Crippen LogP contribution >= 0.6 is 11.8 Å². The SMILES string of the molecule is NC1=[NH+][C@H]2CS(=O)(=O)C[C@H]2S1. The molecule has 0 amide bonds. The molecule has 0 aromatic rings. The van der Waals surface area contributed by atoms with Crippen LogP contribution in [-0.4, -0.2) is 36.4 Å². The minimum Gasteiger partial charge on any atom is -0.282 e. The van der Waals surface area contributed by atoms with Crippen LogP contribution in [0.1, 0.15) is 0 Å². The average molecular weight is 193 g/mol. The minimum atomic E-state index is -2.78. The van der Waals surface area contributed by atoms with Crippen LogP contribution in [0.3, 0.4) is 0 Å². The van der Waals surface area contributed by atoms with E-state index in [1.165, 1.54) is 11.8 Å². The predicted octanol–water partition coefficient (Wildman–Crippen LogP) is -2.71. The van der Waals surface area contributed by atoms with Crippen molar-refractivity contribution < 1.29 is 13.4 Å². The first-order chi connectivity index (χ1) is 5.07. The second-order valence-electron chi connectivity index (χ2n) is 2.85. The molecular weight excluding hydrogens is 184 g/mol. The van der Waals surface area contributed by atoms with Gasteiger partial charge in [-0.05, 0) is 11.8 Å². The molecule has 6 heteroatoms. The zero-order valence-electron chi connectivity index (χ0n) is 5.78. The molecule has 0 aromatic heterocycles. The predicted molar refractivity (Wildman–Crippen MR) is 44.0 cm³/mol. The molecule has 1 saturated heterocycles. The van der Waals surface area contributed by atoms with E-state index in [1.807, 2.05) is 0 Å². The van der Waals surface area contributed by atoms with Crippen molar-refractivity contribution in [2.75, 3.05) is 11.5 Å². The molecule has 2 atom stereocenters. The van der Waals surface area contributed by atoms with Crippen LogP contribution in [0.2, 0.25) is 0 Å². The Morgan fingerprint density at radius 2 is 2.27 bits per heavy atom. The monoisotopic (exact) mass is 193 g/mol. The highest BCUT2D eigenvalue weighted by Crippen LogP contribution is 2.24. The fourth-order valence-electron chi connectivity index (χ4n) is 1.45. The highest BCUT2D eigenvalue weighted by molar-refractivity contribution is 8.15. The van der Waals surface area contributed by atoms with E-state index in [-0.39, 0.29) is 22.8 Å². The van der Waals surface area contributed by atoms with Crippen LogP contribution < -0.4 is 10.7 Å². The van der Waals surface area contributed by atoms with Crippen molar-refractivity contribution in [3.8, 4) is 0 Å². The van der Waals surface area contributed by atoms with Crippen LogP contribution in [0, 0.1) is 0 Å². The van der Waals surface area contributed by atoms with Crippen molar-refractivity contribution in [2.24, 2.45) is 5.73 Å². The number of nitrogens with one attached hydrogen (secondary N) is 1. The highest BCUT2D eigenvalue weighted by Gasteiger charge is 2.44. The fraction of sp³-hybridized carbons (Fsp3) is 0.800. The third kappa shape index (κ3) is 1.24. The number of fused-ring (bicyclic) bond motifs is 1. The van der Waals surface area contributed by atoms with Gasteiger partial charge in [-0.2, -0.15) is 0 Å². The summed E-state index contributed by atoms with van der Waals surface area (Å²) in [6.07, 6.45) is 0. The quantitative estimate of drug-likeness (QED) is 0.439. The van der Waals surface area contributed by atoms with Crippen LogP contribution in [-0.2, 0) is 9.84 Å². The lowest BCUT2D eigenvalue weighted by Crippen LogP contribution is -2.79. The molecule has 11 heavy (non-hydrogen) atoms. The van der Waals surface area contributed by atoms with Crippen molar-refractivity contribution in [3.05, 3.63) is 0 Å². The molecule has 0 spiro atoms. The number of sulfone groups is 1. The van der Waals surface area contributed by atoms with Crippen LogP contribution in [0.15, 0.2) is 0 Å². The van der Waals surface area contributed by atoms with Gasteiger partial charge >= 0.3 is 5.17 Å². The van der Waals surface area contributed by atoms with Gasteiger partial charge in [-0.25, -0.2) is 8.42 Å². The van der Waals surface area contributed by atoms with Crippen molar-refractivity contribution in [3.63, 3.8) is 0 Å². The molecule has 0 saturated carbocycles. The summed E-state index contributed by atoms with van der Waals surface area (Å²) in [5, 5.41) is 0.815. The fourth-order valence-corrected chi connectivity index (χ4v) is 5.07. The number of hydrogen-bond acceptors (Lipinski definition) is 4. The van der Waals surface area contributed by atoms with Gasteiger partial charge in [0.05, 0.1) is 16.8 Å². The number of amidine groups is 1. The third-order valence-corrected chi connectivity index (χ3v) is 5.02. The average Bonchev–Trinajstić information content (AvgIpc) is 2.17. The Balaban J connectivity index is 2.26. The molecule has 62 valence electrons. The van der Waals surface area contributed by atoms with Gasteiger partial charge in [-0.3, -0.25) is 10.7 Å².